The van der Waals surface area contributed by atoms with Crippen molar-refractivity contribution >= 4 is 40.4 Å². The number of nitrogens with zero attached hydrogens (tertiary/aromatic N) is 1. The highest BCUT2D eigenvalue weighted by molar-refractivity contribution is 5.92. The van der Waals surface area contributed by atoms with Gasteiger partial charge >= 0.3 is 0 Å². The Morgan fingerprint density at radius 1 is 0.455 bits per heavy atom. The van der Waals surface area contributed by atoms with Gasteiger partial charge < -0.3 is 4.90 Å². The summed E-state index contributed by atoms with van der Waals surface area (Å²) in [5, 5.41) is 0. The molecule has 8 rings (SSSR count). The number of fused-ring (bicyclic) bond motifs is 1. The van der Waals surface area contributed by atoms with Gasteiger partial charge in [0.25, 0.3) is 0 Å². The molecule has 0 spiro atoms. The lowest BCUT2D eigenvalue weighted by molar-refractivity contribution is 0.686. The van der Waals surface area contributed by atoms with Gasteiger partial charge in [0, 0.05) is 17.1 Å². The molecule has 0 amide bonds. The molecule has 1 nitrogen and oxygen atoms in total. The molecule has 0 heterocycles. The van der Waals surface area contributed by atoms with E-state index in [0.29, 0.717) is 0 Å². The fraction of sp³-hybridized carbons (Fsp3) is 0.111. The summed E-state index contributed by atoms with van der Waals surface area (Å²) >= 11 is 0. The van der Waals surface area contributed by atoms with Crippen LogP contribution in [0.15, 0.2) is 188 Å². The SMILES string of the molecule is Cc1ccc(C(=Cc2ccc(N(c3ccc(C=CC=C(c4ccccc4)c4ccccc4)cc3)c3cccc4c3CCCC4)cc2)c2ccc(C)cc2)cc1. The molecule has 1 aliphatic carbocycles. The van der Waals surface area contributed by atoms with E-state index in [1.165, 1.54) is 79.7 Å². The first-order chi connectivity index (χ1) is 27.1. The van der Waals surface area contributed by atoms with Gasteiger partial charge in [-0.1, -0.05) is 175 Å². The third kappa shape index (κ3) is 8.38. The Balaban J connectivity index is 1.13. The van der Waals surface area contributed by atoms with Crippen LogP contribution in [-0.2, 0) is 12.8 Å². The van der Waals surface area contributed by atoms with Crippen LogP contribution in [-0.4, -0.2) is 0 Å². The predicted octanol–water partition coefficient (Wildman–Crippen LogP) is 14.4. The molecule has 268 valence electrons. The molecular formula is C54H47N. The molecule has 1 aliphatic rings. The van der Waals surface area contributed by atoms with Gasteiger partial charge in [0.2, 0.25) is 0 Å². The lowest BCUT2D eigenvalue weighted by Crippen LogP contribution is -2.15. The summed E-state index contributed by atoms with van der Waals surface area (Å²) in [5.74, 6) is 0. The Morgan fingerprint density at radius 3 is 1.53 bits per heavy atom. The lowest BCUT2D eigenvalue weighted by atomic mass is 9.89. The van der Waals surface area contributed by atoms with Gasteiger partial charge in [0.1, 0.15) is 0 Å². The largest absolute Gasteiger partial charge is 0.310 e. The van der Waals surface area contributed by atoms with Crippen molar-refractivity contribution in [1.82, 2.24) is 0 Å². The van der Waals surface area contributed by atoms with Gasteiger partial charge in [0.15, 0.2) is 0 Å². The summed E-state index contributed by atoms with van der Waals surface area (Å²) in [6, 6.07) is 63.9. The van der Waals surface area contributed by atoms with E-state index in [4.69, 9.17) is 0 Å². The molecule has 0 saturated carbocycles. The molecule has 0 aliphatic heterocycles. The molecule has 7 aromatic rings. The molecule has 0 radical (unpaired) electrons. The molecule has 7 aromatic carbocycles. The maximum absolute atomic E-state index is 2.45. The second-order valence-corrected chi connectivity index (χ2v) is 14.6. The quantitative estimate of drug-likeness (QED) is 0.101. The van der Waals surface area contributed by atoms with Crippen molar-refractivity contribution in [3.05, 3.63) is 244 Å². The van der Waals surface area contributed by atoms with Crippen LogP contribution in [0.5, 0.6) is 0 Å². The molecule has 1 heteroatoms. The molecule has 0 fully saturated rings. The Morgan fingerprint density at radius 2 is 0.964 bits per heavy atom. The average molecular weight is 710 g/mol. The second-order valence-electron chi connectivity index (χ2n) is 14.6. The smallest absolute Gasteiger partial charge is 0.0496 e. The zero-order valence-corrected chi connectivity index (χ0v) is 31.8. The molecule has 0 saturated heterocycles. The third-order valence-electron chi connectivity index (χ3n) is 10.7. The fourth-order valence-electron chi connectivity index (χ4n) is 7.67. The van der Waals surface area contributed by atoms with E-state index >= 15 is 0 Å². The predicted molar refractivity (Wildman–Crippen MR) is 236 cm³/mol. The van der Waals surface area contributed by atoms with Gasteiger partial charge in [0.05, 0.1) is 0 Å². The first kappa shape index (κ1) is 35.6. The molecule has 0 bridgehead atoms. The first-order valence-corrected chi connectivity index (χ1v) is 19.6. The number of hydrogen-bond acceptors (Lipinski definition) is 1. The highest BCUT2D eigenvalue weighted by Gasteiger charge is 2.20. The van der Waals surface area contributed by atoms with E-state index in [1.54, 1.807) is 0 Å². The molecule has 0 N–H and O–H groups in total. The topological polar surface area (TPSA) is 3.24 Å². The van der Waals surface area contributed by atoms with Crippen LogP contribution in [0.4, 0.5) is 17.1 Å². The lowest BCUT2D eigenvalue weighted by Gasteiger charge is -2.30. The van der Waals surface area contributed by atoms with Crippen molar-refractivity contribution in [3.8, 4) is 0 Å². The van der Waals surface area contributed by atoms with E-state index in [9.17, 15) is 0 Å². The van der Waals surface area contributed by atoms with Gasteiger partial charge in [-0.3, -0.25) is 0 Å². The second kappa shape index (κ2) is 16.7. The van der Waals surface area contributed by atoms with Crippen LogP contribution < -0.4 is 4.90 Å². The van der Waals surface area contributed by atoms with E-state index in [1.807, 2.05) is 0 Å². The molecule has 55 heavy (non-hydrogen) atoms. The Labute approximate surface area is 327 Å². The zero-order valence-electron chi connectivity index (χ0n) is 31.8. The molecule has 0 atom stereocenters. The number of allylic oxidation sites excluding steroid dienone is 2. The summed E-state index contributed by atoms with van der Waals surface area (Å²) in [6.07, 6.45) is 13.7. The number of anilines is 3. The van der Waals surface area contributed by atoms with Gasteiger partial charge in [-0.15, -0.1) is 0 Å². The average Bonchev–Trinajstić information content (AvgIpc) is 3.24. The standard InChI is InChI=1S/C54H47N/c1-40-23-31-47(32-24-40)53(48-33-25-41(2)26-34-48)39-43-29-37-50(38-30-43)55(54-22-12-19-46-18-9-10-20-52(46)54)49-35-27-42(28-36-49)13-11-21-51(44-14-5-3-6-15-44)45-16-7-4-8-17-45/h3-8,11-17,19,21-39H,9-10,18,20H2,1-2H3. The minimum absolute atomic E-state index is 1.11. The summed E-state index contributed by atoms with van der Waals surface area (Å²) < 4.78 is 0. The molecule has 0 unspecified atom stereocenters. The number of hydrogen-bond donors (Lipinski definition) is 0. The molecule has 0 aromatic heterocycles. The maximum Gasteiger partial charge on any atom is 0.0496 e. The summed E-state index contributed by atoms with van der Waals surface area (Å²) in [6.45, 7) is 4.29. The van der Waals surface area contributed by atoms with Crippen LogP contribution >= 0.6 is 0 Å². The zero-order chi connectivity index (χ0) is 37.4. The minimum atomic E-state index is 1.11. The Kier molecular flexibility index (Phi) is 10.8. The van der Waals surface area contributed by atoms with Crippen molar-refractivity contribution in [3.63, 3.8) is 0 Å². The van der Waals surface area contributed by atoms with Crippen LogP contribution in [0.2, 0.25) is 0 Å². The van der Waals surface area contributed by atoms with Crippen molar-refractivity contribution in [2.24, 2.45) is 0 Å². The van der Waals surface area contributed by atoms with E-state index in [0.717, 1.165) is 29.8 Å². The van der Waals surface area contributed by atoms with Crippen molar-refractivity contribution in [1.29, 1.82) is 0 Å². The van der Waals surface area contributed by atoms with Crippen molar-refractivity contribution in [2.45, 2.75) is 39.5 Å². The summed E-state index contributed by atoms with van der Waals surface area (Å²) in [5.41, 5.74) is 18.7. The number of benzene rings is 7. The van der Waals surface area contributed by atoms with Crippen LogP contribution in [0, 0.1) is 13.8 Å². The Bertz CT molecular complexity index is 2340. The van der Waals surface area contributed by atoms with Crippen LogP contribution in [0.1, 0.15) is 68.5 Å². The maximum atomic E-state index is 2.45. The highest BCUT2D eigenvalue weighted by atomic mass is 15.1. The molecular weight excluding hydrogens is 663 g/mol. The summed E-state index contributed by atoms with van der Waals surface area (Å²) in [7, 11) is 0. The van der Waals surface area contributed by atoms with Crippen LogP contribution in [0.25, 0.3) is 23.3 Å². The Hall–Kier alpha value is -6.44. The van der Waals surface area contributed by atoms with E-state index in [2.05, 4.69) is 219 Å². The number of rotatable bonds is 10. The fourth-order valence-corrected chi connectivity index (χ4v) is 7.67. The monoisotopic (exact) mass is 709 g/mol. The highest BCUT2D eigenvalue weighted by Crippen LogP contribution is 2.40. The van der Waals surface area contributed by atoms with Crippen molar-refractivity contribution in [2.75, 3.05) is 4.90 Å². The van der Waals surface area contributed by atoms with E-state index < -0.39 is 0 Å². The first-order valence-electron chi connectivity index (χ1n) is 19.6. The third-order valence-corrected chi connectivity index (χ3v) is 10.7. The normalized spacial score (nSPS) is 12.2. The minimum Gasteiger partial charge on any atom is -0.310 e. The number of aryl methyl sites for hydroxylation is 3. The van der Waals surface area contributed by atoms with Gasteiger partial charge in [-0.05, 0) is 132 Å². The van der Waals surface area contributed by atoms with Gasteiger partial charge in [-0.2, -0.15) is 0 Å². The van der Waals surface area contributed by atoms with Crippen LogP contribution in [0.3, 0.4) is 0 Å². The van der Waals surface area contributed by atoms with E-state index in [-0.39, 0.29) is 0 Å². The summed E-state index contributed by atoms with van der Waals surface area (Å²) in [4.78, 5) is 2.45. The van der Waals surface area contributed by atoms with Crippen molar-refractivity contribution < 1.29 is 0 Å². The van der Waals surface area contributed by atoms with Gasteiger partial charge in [-0.25, -0.2) is 0 Å².